The maximum atomic E-state index is 13.2. The summed E-state index contributed by atoms with van der Waals surface area (Å²) in [7, 11) is -4.21. The Labute approximate surface area is 168 Å². The minimum Gasteiger partial charge on any atom is -0.368 e. The average molecular weight is 441 g/mol. The summed E-state index contributed by atoms with van der Waals surface area (Å²) < 4.78 is 63.9. The molecule has 158 valence electrons. The summed E-state index contributed by atoms with van der Waals surface area (Å²) in [6, 6.07) is 9.62. The van der Waals surface area contributed by atoms with Crippen LogP contribution in [0.2, 0.25) is 0 Å². The van der Waals surface area contributed by atoms with Crippen LogP contribution in [0.4, 0.5) is 13.2 Å². The fourth-order valence-corrected chi connectivity index (χ4v) is 4.21. The van der Waals surface area contributed by atoms with E-state index >= 15 is 0 Å². The zero-order valence-electron chi connectivity index (χ0n) is 15.1. The van der Waals surface area contributed by atoms with E-state index in [4.69, 9.17) is 11.6 Å². The number of hydrogen-bond acceptors (Lipinski definition) is 5. The second kappa shape index (κ2) is 7.78. The maximum absolute atomic E-state index is 13.2. The molecule has 0 saturated carbocycles. The molecule has 1 aromatic heterocycles. The number of carbonyl (C=O) groups is 1. The summed E-state index contributed by atoms with van der Waals surface area (Å²) in [5, 5.41) is 5.88. The van der Waals surface area contributed by atoms with Crippen molar-refractivity contribution in [3.8, 4) is 0 Å². The van der Waals surface area contributed by atoms with Crippen molar-refractivity contribution in [3.63, 3.8) is 0 Å². The molecule has 0 radical (unpaired) electrons. The SMILES string of the molecule is NN/N=C(\N)NC(=O)c1cn([S+](=O)(O)c2cccc(C(F)(F)F)c2)c2ccccc12. The predicted molar refractivity (Wildman–Crippen MR) is 104 cm³/mol. The first kappa shape index (κ1) is 21.3. The zero-order valence-corrected chi connectivity index (χ0v) is 15.9. The number of guanidine groups is 1. The minimum absolute atomic E-state index is 0.0467. The van der Waals surface area contributed by atoms with Gasteiger partial charge < -0.3 is 5.73 Å². The van der Waals surface area contributed by atoms with Crippen LogP contribution in [-0.2, 0) is 20.8 Å². The second-order valence-electron chi connectivity index (χ2n) is 5.99. The van der Waals surface area contributed by atoms with Crippen molar-refractivity contribution in [2.24, 2.45) is 16.7 Å². The number of alkyl halides is 3. The van der Waals surface area contributed by atoms with Gasteiger partial charge in [-0.25, -0.2) is 11.4 Å². The molecule has 3 aromatic rings. The third-order valence-corrected chi connectivity index (χ3v) is 5.79. The number of amides is 1. The Kier molecular flexibility index (Phi) is 5.52. The number of hydrogen-bond donors (Lipinski definition) is 5. The van der Waals surface area contributed by atoms with E-state index in [0.717, 1.165) is 28.4 Å². The number of benzene rings is 2. The summed E-state index contributed by atoms with van der Waals surface area (Å²) in [5.74, 6) is 3.86. The van der Waals surface area contributed by atoms with Crippen molar-refractivity contribution < 1.29 is 26.7 Å². The number of nitrogens with two attached hydrogens (primary N) is 2. The molecule has 7 N–H and O–H groups in total. The smallest absolute Gasteiger partial charge is 0.368 e. The first-order chi connectivity index (χ1) is 14.1. The molecule has 0 saturated heterocycles. The first-order valence-corrected chi connectivity index (χ1v) is 9.67. The summed E-state index contributed by atoms with van der Waals surface area (Å²) in [6.45, 7) is 0. The quantitative estimate of drug-likeness (QED) is 0.137. The molecule has 1 atom stereocenters. The van der Waals surface area contributed by atoms with Gasteiger partial charge in [0, 0.05) is 11.5 Å². The van der Waals surface area contributed by atoms with E-state index in [0.29, 0.717) is 6.07 Å². The molecule has 2 aromatic carbocycles. The molecule has 30 heavy (non-hydrogen) atoms. The Hall–Kier alpha value is -3.42. The Morgan fingerprint density at radius 2 is 1.87 bits per heavy atom. The summed E-state index contributed by atoms with van der Waals surface area (Å²) in [5.41, 5.74) is 6.39. The number of hydrazine groups is 1. The third-order valence-electron chi connectivity index (χ3n) is 4.08. The Bertz CT molecular complexity index is 1190. The van der Waals surface area contributed by atoms with Gasteiger partial charge in [-0.3, -0.25) is 10.1 Å². The highest BCUT2D eigenvalue weighted by Crippen LogP contribution is 2.33. The van der Waals surface area contributed by atoms with Crippen LogP contribution in [0.25, 0.3) is 10.9 Å². The van der Waals surface area contributed by atoms with Crippen molar-refractivity contribution in [2.45, 2.75) is 11.1 Å². The monoisotopic (exact) mass is 441 g/mol. The number of rotatable bonds is 4. The lowest BCUT2D eigenvalue weighted by Crippen LogP contribution is -2.39. The molecular formula is C17H16F3N6O3S+. The summed E-state index contributed by atoms with van der Waals surface area (Å²) in [4.78, 5) is 12.1. The normalized spacial score (nSPS) is 14.4. The number of para-hydroxylation sites is 1. The van der Waals surface area contributed by atoms with Crippen LogP contribution in [0.3, 0.4) is 0 Å². The van der Waals surface area contributed by atoms with Gasteiger partial charge in [0.25, 0.3) is 5.91 Å². The largest absolute Gasteiger partial charge is 0.416 e. The molecule has 1 unspecified atom stereocenters. The molecule has 3 rings (SSSR count). The second-order valence-corrected chi connectivity index (χ2v) is 7.85. The van der Waals surface area contributed by atoms with Crippen LogP contribution in [0.15, 0.2) is 64.7 Å². The van der Waals surface area contributed by atoms with Crippen molar-refractivity contribution in [3.05, 3.63) is 65.9 Å². The number of nitrogens with one attached hydrogen (secondary N) is 2. The maximum Gasteiger partial charge on any atom is 0.416 e. The number of nitrogens with zero attached hydrogens (tertiary/aromatic N) is 2. The van der Waals surface area contributed by atoms with Crippen LogP contribution in [0.1, 0.15) is 15.9 Å². The van der Waals surface area contributed by atoms with E-state index in [-0.39, 0.29) is 22.4 Å². The highest BCUT2D eigenvalue weighted by Gasteiger charge is 2.38. The van der Waals surface area contributed by atoms with Crippen LogP contribution >= 0.6 is 0 Å². The first-order valence-electron chi connectivity index (χ1n) is 8.20. The van der Waals surface area contributed by atoms with E-state index in [1.165, 1.54) is 12.1 Å². The van der Waals surface area contributed by atoms with Gasteiger partial charge in [-0.05, 0) is 22.4 Å². The van der Waals surface area contributed by atoms with E-state index < -0.39 is 32.9 Å². The Morgan fingerprint density at radius 1 is 1.17 bits per heavy atom. The molecule has 9 nitrogen and oxygen atoms in total. The topological polar surface area (TPSA) is 148 Å². The molecule has 1 heterocycles. The fraction of sp³-hybridized carbons (Fsp3) is 0.0588. The predicted octanol–water partition coefficient (Wildman–Crippen LogP) is 1.88. The highest BCUT2D eigenvalue weighted by molar-refractivity contribution is 7.96. The Morgan fingerprint density at radius 3 is 2.53 bits per heavy atom. The van der Waals surface area contributed by atoms with Crippen molar-refractivity contribution in [2.75, 3.05) is 0 Å². The van der Waals surface area contributed by atoms with Crippen LogP contribution < -0.4 is 22.4 Å². The molecule has 0 aliphatic carbocycles. The molecule has 0 bridgehead atoms. The number of fused-ring (bicyclic) bond motifs is 1. The lowest BCUT2D eigenvalue weighted by Gasteiger charge is -2.09. The van der Waals surface area contributed by atoms with Crippen molar-refractivity contribution in [1.29, 1.82) is 0 Å². The number of hydrazone groups is 1. The standard InChI is InChI=1S/C17H15F3N6O3S/c18-17(19,20)10-4-3-5-11(8-10)30(28,29)26-9-13(12-6-1-2-7-14(12)26)15(27)23-16(21)24-25-22/h1-9,25H,22H2,(H3-,21,23,24,27,28,29)/p+1. The van der Waals surface area contributed by atoms with Gasteiger partial charge in [0.05, 0.1) is 17.3 Å². The number of halogens is 3. The van der Waals surface area contributed by atoms with Crippen LogP contribution in [0, 0.1) is 0 Å². The zero-order chi connectivity index (χ0) is 22.1. The molecule has 1 amide bonds. The molecule has 0 spiro atoms. The minimum atomic E-state index is -4.69. The fourth-order valence-electron chi connectivity index (χ4n) is 2.77. The number of carbonyl (C=O) groups excluding carboxylic acids is 1. The van der Waals surface area contributed by atoms with Gasteiger partial charge in [0.1, 0.15) is 5.52 Å². The summed E-state index contributed by atoms with van der Waals surface area (Å²) in [6.07, 6.45) is -3.63. The van der Waals surface area contributed by atoms with Gasteiger partial charge in [0.15, 0.2) is 0 Å². The number of aromatic nitrogens is 1. The molecular weight excluding hydrogens is 425 g/mol. The van der Waals surface area contributed by atoms with Crippen LogP contribution in [-0.4, -0.2) is 20.4 Å². The van der Waals surface area contributed by atoms with Crippen LogP contribution in [0.5, 0.6) is 0 Å². The lowest BCUT2D eigenvalue weighted by molar-refractivity contribution is -0.137. The third kappa shape index (κ3) is 3.98. The molecule has 13 heteroatoms. The van der Waals surface area contributed by atoms with Gasteiger partial charge in [-0.15, -0.1) is 9.07 Å². The van der Waals surface area contributed by atoms with Gasteiger partial charge in [-0.1, -0.05) is 24.3 Å². The van der Waals surface area contributed by atoms with E-state index in [1.54, 1.807) is 12.1 Å². The Balaban J connectivity index is 2.14. The highest BCUT2D eigenvalue weighted by atomic mass is 32.3. The van der Waals surface area contributed by atoms with Gasteiger partial charge in [-0.2, -0.15) is 17.7 Å². The lowest BCUT2D eigenvalue weighted by atomic mass is 10.1. The van der Waals surface area contributed by atoms with E-state index in [2.05, 4.69) is 10.4 Å². The van der Waals surface area contributed by atoms with Crippen molar-refractivity contribution in [1.82, 2.24) is 14.8 Å². The van der Waals surface area contributed by atoms with Gasteiger partial charge >= 0.3 is 16.6 Å². The molecule has 0 aliphatic rings. The molecule has 0 aliphatic heterocycles. The van der Waals surface area contributed by atoms with Gasteiger partial charge in [0.2, 0.25) is 10.9 Å². The van der Waals surface area contributed by atoms with E-state index in [9.17, 15) is 26.7 Å². The van der Waals surface area contributed by atoms with Crippen molar-refractivity contribution >= 4 is 33.2 Å². The average Bonchev–Trinajstić information content (AvgIpc) is 3.08. The van der Waals surface area contributed by atoms with E-state index in [1.807, 2.05) is 5.53 Å². The molecule has 0 fully saturated rings. The summed E-state index contributed by atoms with van der Waals surface area (Å²) >= 11 is 0.